The summed E-state index contributed by atoms with van der Waals surface area (Å²) >= 11 is 1.51. The second kappa shape index (κ2) is 3.94. The van der Waals surface area contributed by atoms with Crippen LogP contribution in [0, 0.1) is 0 Å². The average Bonchev–Trinajstić information content (AvgIpc) is 2.97. The predicted molar refractivity (Wildman–Crippen MR) is 65.5 cm³/mol. The lowest BCUT2D eigenvalue weighted by Crippen LogP contribution is -1.99. The first kappa shape index (κ1) is 9.35. The molecule has 2 aromatic heterocycles. The number of hydrogen-bond acceptors (Lipinski definition) is 4. The van der Waals surface area contributed by atoms with Gasteiger partial charge in [-0.1, -0.05) is 23.5 Å². The molecule has 4 nitrogen and oxygen atoms in total. The fraction of sp³-hybridized carbons (Fsp3) is 0.0909. The van der Waals surface area contributed by atoms with Gasteiger partial charge in [0.05, 0.1) is 0 Å². The summed E-state index contributed by atoms with van der Waals surface area (Å²) in [4.78, 5) is 3.20. The number of rotatable bonds is 3. The van der Waals surface area contributed by atoms with Gasteiger partial charge in [-0.05, 0) is 17.7 Å². The van der Waals surface area contributed by atoms with Crippen LogP contribution in [0.2, 0.25) is 0 Å². The molecule has 0 atom stereocenters. The molecule has 16 heavy (non-hydrogen) atoms. The Morgan fingerprint density at radius 2 is 2.31 bits per heavy atom. The lowest BCUT2D eigenvalue weighted by atomic mass is 10.1. The van der Waals surface area contributed by atoms with Gasteiger partial charge in [0, 0.05) is 23.6 Å². The van der Waals surface area contributed by atoms with Crippen molar-refractivity contribution in [2.24, 2.45) is 0 Å². The molecule has 0 radical (unpaired) electrons. The summed E-state index contributed by atoms with van der Waals surface area (Å²) < 4.78 is 0. The van der Waals surface area contributed by atoms with Crippen molar-refractivity contribution in [3.8, 4) is 0 Å². The van der Waals surface area contributed by atoms with Gasteiger partial charge in [-0.25, -0.2) is 0 Å². The molecule has 80 valence electrons. The van der Waals surface area contributed by atoms with Crippen LogP contribution in [0.1, 0.15) is 5.56 Å². The van der Waals surface area contributed by atoms with Crippen molar-refractivity contribution >= 4 is 27.4 Å². The molecule has 0 aliphatic carbocycles. The maximum absolute atomic E-state index is 3.95. The third-order valence-corrected chi connectivity index (χ3v) is 3.12. The van der Waals surface area contributed by atoms with E-state index in [0.29, 0.717) is 0 Å². The van der Waals surface area contributed by atoms with Crippen molar-refractivity contribution in [3.63, 3.8) is 0 Å². The highest BCUT2D eigenvalue weighted by molar-refractivity contribution is 7.13. The molecule has 0 unspecified atom stereocenters. The zero-order valence-corrected chi connectivity index (χ0v) is 9.29. The number of H-pyrrole nitrogens is 1. The van der Waals surface area contributed by atoms with Gasteiger partial charge in [0.15, 0.2) is 0 Å². The van der Waals surface area contributed by atoms with Gasteiger partial charge >= 0.3 is 0 Å². The second-order valence-corrected chi connectivity index (χ2v) is 4.29. The van der Waals surface area contributed by atoms with Crippen LogP contribution in [-0.2, 0) is 6.54 Å². The number of nitrogens with zero attached hydrogens (tertiary/aromatic N) is 2. The van der Waals surface area contributed by atoms with E-state index in [9.17, 15) is 0 Å². The molecule has 2 heterocycles. The van der Waals surface area contributed by atoms with Gasteiger partial charge in [-0.3, -0.25) is 0 Å². The van der Waals surface area contributed by atoms with E-state index < -0.39 is 0 Å². The highest BCUT2D eigenvalue weighted by atomic mass is 32.1. The van der Waals surface area contributed by atoms with Crippen molar-refractivity contribution in [1.29, 1.82) is 0 Å². The molecule has 3 aromatic rings. The molecule has 0 spiro atoms. The summed E-state index contributed by atoms with van der Waals surface area (Å²) in [7, 11) is 0. The lowest BCUT2D eigenvalue weighted by Gasteiger charge is -2.03. The van der Waals surface area contributed by atoms with Gasteiger partial charge in [-0.15, -0.1) is 10.2 Å². The van der Waals surface area contributed by atoms with Crippen molar-refractivity contribution < 1.29 is 0 Å². The van der Waals surface area contributed by atoms with E-state index in [1.54, 1.807) is 5.51 Å². The Kier molecular flexibility index (Phi) is 2.30. The molecule has 2 N–H and O–H groups in total. The van der Waals surface area contributed by atoms with E-state index in [2.05, 4.69) is 44.8 Å². The van der Waals surface area contributed by atoms with Gasteiger partial charge < -0.3 is 10.3 Å². The summed E-state index contributed by atoms with van der Waals surface area (Å²) in [5.41, 5.74) is 4.14. The molecular formula is C11H10N4S. The fourth-order valence-electron chi connectivity index (χ4n) is 1.73. The monoisotopic (exact) mass is 230 g/mol. The number of aromatic nitrogens is 3. The largest absolute Gasteiger partial charge is 0.361 e. The molecule has 5 heteroatoms. The highest BCUT2D eigenvalue weighted by Crippen LogP contribution is 2.19. The van der Waals surface area contributed by atoms with Crippen LogP contribution < -0.4 is 5.32 Å². The summed E-state index contributed by atoms with van der Waals surface area (Å²) in [6.07, 6.45) is 1.96. The first-order chi connectivity index (χ1) is 7.93. The third kappa shape index (κ3) is 1.65. The van der Waals surface area contributed by atoms with E-state index in [-0.39, 0.29) is 0 Å². The molecule has 3 rings (SSSR count). The minimum Gasteiger partial charge on any atom is -0.361 e. The minimum atomic E-state index is 0.768. The smallest absolute Gasteiger partial charge is 0.205 e. The average molecular weight is 230 g/mol. The molecule has 0 aliphatic heterocycles. The van der Waals surface area contributed by atoms with Crippen LogP contribution in [0.4, 0.5) is 5.13 Å². The maximum atomic E-state index is 3.95. The standard InChI is InChI=1S/C11H10N4S/c1-2-8(6-13-11-15-14-7-16-11)9-4-5-12-10(9)3-1/h1-5,7,12H,6H2,(H,13,15). The Hall–Kier alpha value is -1.88. The number of aromatic amines is 1. The van der Waals surface area contributed by atoms with Crippen molar-refractivity contribution in [2.75, 3.05) is 5.32 Å². The van der Waals surface area contributed by atoms with Gasteiger partial charge in [-0.2, -0.15) is 0 Å². The Bertz CT molecular complexity index is 585. The minimum absolute atomic E-state index is 0.768. The van der Waals surface area contributed by atoms with E-state index in [0.717, 1.165) is 17.2 Å². The Balaban J connectivity index is 1.86. The number of fused-ring (bicyclic) bond motifs is 1. The topological polar surface area (TPSA) is 53.6 Å². The molecule has 1 aromatic carbocycles. The number of benzene rings is 1. The quantitative estimate of drug-likeness (QED) is 0.727. The van der Waals surface area contributed by atoms with Crippen LogP contribution in [-0.4, -0.2) is 15.2 Å². The van der Waals surface area contributed by atoms with Crippen molar-refractivity contribution in [2.45, 2.75) is 6.54 Å². The van der Waals surface area contributed by atoms with E-state index in [4.69, 9.17) is 0 Å². The second-order valence-electron chi connectivity index (χ2n) is 3.45. The van der Waals surface area contributed by atoms with Gasteiger partial charge in [0.1, 0.15) is 5.51 Å². The number of hydrogen-bond donors (Lipinski definition) is 2. The fourth-order valence-corrected chi connectivity index (χ4v) is 2.17. The maximum Gasteiger partial charge on any atom is 0.205 e. The molecule has 0 bridgehead atoms. The molecule has 0 amide bonds. The Morgan fingerprint density at radius 1 is 1.31 bits per heavy atom. The first-order valence-corrected chi connectivity index (χ1v) is 5.86. The van der Waals surface area contributed by atoms with Crippen molar-refractivity contribution in [3.05, 3.63) is 41.5 Å². The van der Waals surface area contributed by atoms with E-state index in [1.165, 1.54) is 22.3 Å². The molecule has 0 aliphatic rings. The van der Waals surface area contributed by atoms with Crippen LogP contribution in [0.5, 0.6) is 0 Å². The van der Waals surface area contributed by atoms with Gasteiger partial charge in [0.2, 0.25) is 5.13 Å². The zero-order valence-electron chi connectivity index (χ0n) is 8.47. The van der Waals surface area contributed by atoms with Crippen molar-refractivity contribution in [1.82, 2.24) is 15.2 Å². The Labute approximate surface area is 96.3 Å². The predicted octanol–water partition coefficient (Wildman–Crippen LogP) is 2.63. The van der Waals surface area contributed by atoms with Crippen LogP contribution in [0.15, 0.2) is 36.0 Å². The summed E-state index contributed by atoms with van der Waals surface area (Å²) in [5, 5.41) is 13.1. The summed E-state index contributed by atoms with van der Waals surface area (Å²) in [6.45, 7) is 0.768. The van der Waals surface area contributed by atoms with Crippen LogP contribution in [0.25, 0.3) is 10.9 Å². The Morgan fingerprint density at radius 3 is 3.19 bits per heavy atom. The number of anilines is 1. The van der Waals surface area contributed by atoms with Crippen LogP contribution >= 0.6 is 11.3 Å². The van der Waals surface area contributed by atoms with E-state index in [1.807, 2.05) is 6.20 Å². The van der Waals surface area contributed by atoms with E-state index >= 15 is 0 Å². The number of nitrogens with one attached hydrogen (secondary N) is 2. The summed E-state index contributed by atoms with van der Waals surface area (Å²) in [6, 6.07) is 8.33. The van der Waals surface area contributed by atoms with Crippen LogP contribution in [0.3, 0.4) is 0 Å². The molecule has 0 saturated carbocycles. The molecule has 0 saturated heterocycles. The third-order valence-electron chi connectivity index (χ3n) is 2.48. The molecule has 0 fully saturated rings. The molecular weight excluding hydrogens is 220 g/mol. The summed E-state index contributed by atoms with van der Waals surface area (Å²) in [5.74, 6) is 0. The zero-order chi connectivity index (χ0) is 10.8. The first-order valence-electron chi connectivity index (χ1n) is 4.98. The van der Waals surface area contributed by atoms with Gasteiger partial charge in [0.25, 0.3) is 0 Å². The normalized spacial score (nSPS) is 10.8. The SMILES string of the molecule is c1cc(CNc2nncs2)c2cc[nH]c2c1. The highest BCUT2D eigenvalue weighted by Gasteiger charge is 2.02. The lowest BCUT2D eigenvalue weighted by molar-refractivity contribution is 1.05.